The van der Waals surface area contributed by atoms with Crippen LogP contribution in [0.4, 0.5) is 4.39 Å². The molecule has 1 aliphatic rings. The fourth-order valence-corrected chi connectivity index (χ4v) is 3.11. The van der Waals surface area contributed by atoms with Gasteiger partial charge in [-0.05, 0) is 51.8 Å². The molecule has 0 saturated carbocycles. The van der Waals surface area contributed by atoms with E-state index in [2.05, 4.69) is 31.9 Å². The first kappa shape index (κ1) is 13.8. The first-order chi connectivity index (χ1) is 9.56. The van der Waals surface area contributed by atoms with Gasteiger partial charge in [-0.3, -0.25) is 4.79 Å². The van der Waals surface area contributed by atoms with E-state index in [1.807, 2.05) is 6.07 Å². The van der Waals surface area contributed by atoms with Gasteiger partial charge in [0.05, 0.1) is 16.6 Å². The molecule has 3 rings (SSSR count). The molecule has 0 aromatic heterocycles. The number of halogens is 3. The van der Waals surface area contributed by atoms with Crippen LogP contribution >= 0.6 is 31.9 Å². The third-order valence-corrected chi connectivity index (χ3v) is 4.24. The summed E-state index contributed by atoms with van der Waals surface area (Å²) in [5.74, 6) is 0.0704. The fourth-order valence-electron chi connectivity index (χ4n) is 2.23. The summed E-state index contributed by atoms with van der Waals surface area (Å²) < 4.78 is 19.9. The van der Waals surface area contributed by atoms with Crippen molar-refractivity contribution < 1.29 is 13.9 Å². The molecule has 1 aliphatic heterocycles. The van der Waals surface area contributed by atoms with Gasteiger partial charge in [0, 0.05) is 16.5 Å². The molecule has 102 valence electrons. The lowest BCUT2D eigenvalue weighted by Gasteiger charge is -2.09. The number of carbonyl (C=O) groups is 1. The highest BCUT2D eigenvalue weighted by Crippen LogP contribution is 2.34. The SMILES string of the molecule is O=C(c1ccc(F)c(Br)c1)c1cc(Br)cc2c1OCC2. The number of carbonyl (C=O) groups excluding carboxylic acids is 1. The third-order valence-electron chi connectivity index (χ3n) is 3.17. The first-order valence-electron chi connectivity index (χ1n) is 6.01. The van der Waals surface area contributed by atoms with Crippen LogP contribution in [0, 0.1) is 5.82 Å². The molecule has 0 aliphatic carbocycles. The second kappa shape index (κ2) is 5.30. The van der Waals surface area contributed by atoms with Crippen molar-refractivity contribution in [3.63, 3.8) is 0 Å². The van der Waals surface area contributed by atoms with Crippen LogP contribution in [0.1, 0.15) is 21.5 Å². The first-order valence-corrected chi connectivity index (χ1v) is 7.60. The molecule has 1 heterocycles. The number of hydrogen-bond acceptors (Lipinski definition) is 2. The predicted molar refractivity (Wildman–Crippen MR) is 80.9 cm³/mol. The standard InChI is InChI=1S/C15H9Br2FO2/c16-10-5-9-3-4-20-15(9)11(7-10)14(19)8-1-2-13(18)12(17)6-8/h1-2,5-7H,3-4H2. The second-order valence-electron chi connectivity index (χ2n) is 4.50. The highest BCUT2D eigenvalue weighted by Gasteiger charge is 2.23. The summed E-state index contributed by atoms with van der Waals surface area (Å²) in [6.45, 7) is 0.583. The number of fused-ring (bicyclic) bond motifs is 1. The zero-order valence-electron chi connectivity index (χ0n) is 10.3. The van der Waals surface area contributed by atoms with Crippen molar-refractivity contribution in [2.45, 2.75) is 6.42 Å². The highest BCUT2D eigenvalue weighted by molar-refractivity contribution is 9.10. The molecule has 5 heteroatoms. The van der Waals surface area contributed by atoms with Gasteiger partial charge in [0.15, 0.2) is 5.78 Å². The Kier molecular flexibility index (Phi) is 3.65. The summed E-state index contributed by atoms with van der Waals surface area (Å²) in [6, 6.07) is 7.93. The van der Waals surface area contributed by atoms with Gasteiger partial charge < -0.3 is 4.74 Å². The molecule has 0 amide bonds. The lowest BCUT2D eigenvalue weighted by atomic mass is 10.00. The summed E-state index contributed by atoms with van der Waals surface area (Å²) in [4.78, 5) is 12.6. The van der Waals surface area contributed by atoms with Crippen molar-refractivity contribution in [2.75, 3.05) is 6.61 Å². The highest BCUT2D eigenvalue weighted by atomic mass is 79.9. The Morgan fingerprint density at radius 1 is 1.20 bits per heavy atom. The molecular weight excluding hydrogens is 391 g/mol. The maximum absolute atomic E-state index is 13.3. The van der Waals surface area contributed by atoms with Crippen LogP contribution < -0.4 is 4.74 Å². The lowest BCUT2D eigenvalue weighted by molar-refractivity contribution is 0.103. The Labute approximate surface area is 132 Å². The van der Waals surface area contributed by atoms with E-state index < -0.39 is 5.82 Å². The molecule has 0 bridgehead atoms. The maximum atomic E-state index is 13.3. The Bertz CT molecular complexity index is 713. The molecule has 0 unspecified atom stereocenters. The van der Waals surface area contributed by atoms with Gasteiger partial charge in [0.25, 0.3) is 0 Å². The average molecular weight is 400 g/mol. The van der Waals surface area contributed by atoms with Crippen LogP contribution in [-0.2, 0) is 6.42 Å². The lowest BCUT2D eigenvalue weighted by Crippen LogP contribution is -2.04. The molecular formula is C15H9Br2FO2. The topological polar surface area (TPSA) is 26.3 Å². The molecule has 0 N–H and O–H groups in total. The van der Waals surface area contributed by atoms with Gasteiger partial charge in [-0.1, -0.05) is 15.9 Å². The smallest absolute Gasteiger partial charge is 0.196 e. The van der Waals surface area contributed by atoms with Crippen LogP contribution in [0.25, 0.3) is 0 Å². The summed E-state index contributed by atoms with van der Waals surface area (Å²) in [5.41, 5.74) is 1.95. The monoisotopic (exact) mass is 398 g/mol. The van der Waals surface area contributed by atoms with Gasteiger partial charge in [-0.15, -0.1) is 0 Å². The number of ketones is 1. The van der Waals surface area contributed by atoms with E-state index in [0.717, 1.165) is 16.5 Å². The Morgan fingerprint density at radius 2 is 2.00 bits per heavy atom. The van der Waals surface area contributed by atoms with Crippen molar-refractivity contribution >= 4 is 37.6 Å². The summed E-state index contributed by atoms with van der Waals surface area (Å²) in [6.07, 6.45) is 0.794. The van der Waals surface area contributed by atoms with E-state index in [4.69, 9.17) is 4.74 Å². The summed E-state index contributed by atoms with van der Waals surface area (Å²) in [7, 11) is 0. The number of rotatable bonds is 2. The van der Waals surface area contributed by atoms with Gasteiger partial charge in [-0.2, -0.15) is 0 Å². The van der Waals surface area contributed by atoms with Crippen LogP contribution in [0.2, 0.25) is 0 Å². The minimum absolute atomic E-state index is 0.176. The largest absolute Gasteiger partial charge is 0.492 e. The van der Waals surface area contributed by atoms with Crippen molar-refractivity contribution in [3.8, 4) is 5.75 Å². The zero-order chi connectivity index (χ0) is 14.3. The molecule has 2 aromatic rings. The predicted octanol–water partition coefficient (Wildman–Crippen LogP) is 4.52. The second-order valence-corrected chi connectivity index (χ2v) is 6.27. The van der Waals surface area contributed by atoms with Crippen molar-refractivity contribution in [3.05, 3.63) is 61.8 Å². The van der Waals surface area contributed by atoms with Crippen molar-refractivity contribution in [1.29, 1.82) is 0 Å². The Hall–Kier alpha value is -1.20. The Balaban J connectivity index is 2.09. The quantitative estimate of drug-likeness (QED) is 0.694. The van der Waals surface area contributed by atoms with Gasteiger partial charge in [0.2, 0.25) is 0 Å². The van der Waals surface area contributed by atoms with E-state index in [-0.39, 0.29) is 10.3 Å². The number of hydrogen-bond donors (Lipinski definition) is 0. The van der Waals surface area contributed by atoms with Gasteiger partial charge in [0.1, 0.15) is 11.6 Å². The van der Waals surface area contributed by atoms with Crippen LogP contribution in [0.3, 0.4) is 0 Å². The summed E-state index contributed by atoms with van der Waals surface area (Å²) in [5, 5.41) is 0. The minimum atomic E-state index is -0.391. The molecule has 0 radical (unpaired) electrons. The normalized spacial score (nSPS) is 12.9. The van der Waals surface area contributed by atoms with Gasteiger partial charge >= 0.3 is 0 Å². The molecule has 0 atom stereocenters. The van der Waals surface area contributed by atoms with Crippen LogP contribution in [-0.4, -0.2) is 12.4 Å². The zero-order valence-corrected chi connectivity index (χ0v) is 13.4. The maximum Gasteiger partial charge on any atom is 0.196 e. The molecule has 0 saturated heterocycles. The van der Waals surface area contributed by atoms with Gasteiger partial charge in [-0.25, -0.2) is 4.39 Å². The van der Waals surface area contributed by atoms with Crippen molar-refractivity contribution in [2.24, 2.45) is 0 Å². The molecule has 2 nitrogen and oxygen atoms in total. The molecule has 0 spiro atoms. The van der Waals surface area contributed by atoms with E-state index >= 15 is 0 Å². The third kappa shape index (κ3) is 2.40. The average Bonchev–Trinajstić information content (AvgIpc) is 2.88. The molecule has 2 aromatic carbocycles. The van der Waals surface area contributed by atoms with E-state index in [1.165, 1.54) is 18.2 Å². The number of ether oxygens (including phenoxy) is 1. The Morgan fingerprint density at radius 3 is 2.75 bits per heavy atom. The molecule has 20 heavy (non-hydrogen) atoms. The van der Waals surface area contributed by atoms with E-state index in [9.17, 15) is 9.18 Å². The summed E-state index contributed by atoms with van der Waals surface area (Å²) >= 11 is 6.50. The van der Waals surface area contributed by atoms with E-state index in [0.29, 0.717) is 23.5 Å². The fraction of sp³-hybridized carbons (Fsp3) is 0.133. The minimum Gasteiger partial charge on any atom is -0.492 e. The van der Waals surface area contributed by atoms with Crippen LogP contribution in [0.15, 0.2) is 39.3 Å². The van der Waals surface area contributed by atoms with Crippen LogP contribution in [0.5, 0.6) is 5.75 Å². The molecule has 0 fully saturated rings. The van der Waals surface area contributed by atoms with Crippen molar-refractivity contribution in [1.82, 2.24) is 0 Å². The number of benzene rings is 2. The van der Waals surface area contributed by atoms with E-state index in [1.54, 1.807) is 6.07 Å².